The summed E-state index contributed by atoms with van der Waals surface area (Å²) in [7, 11) is 0. The van der Waals surface area contributed by atoms with E-state index in [0.29, 0.717) is 48.2 Å². The molecule has 4 aromatic rings. The Morgan fingerprint density at radius 1 is 1.31 bits per heavy atom. The van der Waals surface area contributed by atoms with Crippen LogP contribution in [0.4, 0.5) is 11.5 Å². The number of carbonyl (C=O) groups is 1. The van der Waals surface area contributed by atoms with Gasteiger partial charge >= 0.3 is 5.97 Å². The molecule has 42 heavy (non-hydrogen) atoms. The molecule has 3 aliphatic carbocycles. The van der Waals surface area contributed by atoms with E-state index in [4.69, 9.17) is 24.3 Å². The molecule has 0 spiro atoms. The van der Waals surface area contributed by atoms with Crippen LogP contribution in [0.15, 0.2) is 36.7 Å². The van der Waals surface area contributed by atoms with Gasteiger partial charge in [0, 0.05) is 33.4 Å². The number of nitrogens with two attached hydrogens (primary N) is 1. The predicted octanol–water partition coefficient (Wildman–Crippen LogP) is 5.18. The van der Waals surface area contributed by atoms with Crippen LogP contribution in [0.2, 0.25) is 0 Å². The third-order valence-corrected chi connectivity index (χ3v) is 8.56. The van der Waals surface area contributed by atoms with Gasteiger partial charge < -0.3 is 20.5 Å². The van der Waals surface area contributed by atoms with E-state index in [2.05, 4.69) is 26.5 Å². The Kier molecular flexibility index (Phi) is 5.36. The van der Waals surface area contributed by atoms with Crippen molar-refractivity contribution < 1.29 is 18.4 Å². The maximum absolute atomic E-state index is 13.2. The minimum absolute atomic E-state index is 0.00507. The van der Waals surface area contributed by atoms with Crippen LogP contribution >= 0.6 is 0 Å². The molecule has 8 rings (SSSR count). The lowest BCUT2D eigenvalue weighted by atomic mass is 9.40. The van der Waals surface area contributed by atoms with E-state index in [9.17, 15) is 10.1 Å². The first-order valence-electron chi connectivity index (χ1n) is 15.7. The van der Waals surface area contributed by atoms with Crippen LogP contribution in [-0.4, -0.2) is 49.5 Å². The van der Waals surface area contributed by atoms with Crippen molar-refractivity contribution in [3.05, 3.63) is 47.9 Å². The number of pyridine rings is 1. The van der Waals surface area contributed by atoms with Crippen molar-refractivity contribution in [1.29, 1.82) is 5.26 Å². The van der Waals surface area contributed by atoms with Crippen molar-refractivity contribution in [1.82, 2.24) is 24.7 Å². The van der Waals surface area contributed by atoms with E-state index in [0.717, 1.165) is 19.3 Å². The van der Waals surface area contributed by atoms with Gasteiger partial charge in [-0.25, -0.2) is 24.4 Å². The summed E-state index contributed by atoms with van der Waals surface area (Å²) in [6.07, 6.45) is 7.80. The van der Waals surface area contributed by atoms with Crippen molar-refractivity contribution in [2.45, 2.75) is 64.1 Å². The zero-order valence-electron chi connectivity index (χ0n) is 26.2. The molecule has 3 N–H and O–H groups in total. The first kappa shape index (κ1) is 23.1. The fourth-order valence-corrected chi connectivity index (χ4v) is 6.63. The molecule has 4 fully saturated rings. The van der Waals surface area contributed by atoms with Gasteiger partial charge in [0.2, 0.25) is 0 Å². The maximum atomic E-state index is 13.2. The molecular formula is C31H32N8O3. The summed E-state index contributed by atoms with van der Waals surface area (Å²) < 4.78 is 38.2. The highest BCUT2D eigenvalue weighted by atomic mass is 16.5. The van der Waals surface area contributed by atoms with Crippen molar-refractivity contribution >= 4 is 28.4 Å². The molecule has 1 atom stereocenters. The maximum Gasteiger partial charge on any atom is 0.359 e. The summed E-state index contributed by atoms with van der Waals surface area (Å²) in [6, 6.07) is 9.16. The fourth-order valence-electron chi connectivity index (χ4n) is 6.63. The predicted molar refractivity (Wildman–Crippen MR) is 156 cm³/mol. The quantitative estimate of drug-likeness (QED) is 0.286. The number of aryl methyl sites for hydroxylation is 1. The highest BCUT2D eigenvalue weighted by Gasteiger charge is 2.69. The molecule has 3 saturated carbocycles. The number of anilines is 2. The number of hydrogen-bond donors (Lipinski definition) is 2. The summed E-state index contributed by atoms with van der Waals surface area (Å²) in [5.41, 5.74) is 7.28. The first-order valence-corrected chi connectivity index (χ1v) is 14.2. The number of hydrogen-bond acceptors (Lipinski definition) is 10. The zero-order valence-corrected chi connectivity index (χ0v) is 23.2. The van der Waals surface area contributed by atoms with Gasteiger partial charge in [0.1, 0.15) is 5.82 Å². The lowest BCUT2D eigenvalue weighted by molar-refractivity contribution is -0.0662. The van der Waals surface area contributed by atoms with Crippen molar-refractivity contribution in [2.24, 2.45) is 5.41 Å². The second-order valence-corrected chi connectivity index (χ2v) is 11.4. The number of carbonyl (C=O) groups excluding carboxylic acids is 1. The Hall–Kier alpha value is -4.56. The van der Waals surface area contributed by atoms with Gasteiger partial charge in [0.05, 0.1) is 46.7 Å². The summed E-state index contributed by atoms with van der Waals surface area (Å²) >= 11 is 0. The standard InChI is InChI=1S/C31H32N8O3/c1-3-41-29(40)26-24(33)25(23-18(2)9-10-21-20(23)13-35-39(21)22-8-4-5-12-42-22)36-28(37-26)19-7-6-11-34-27(19)38-31-14-30(15-31,16-31)17-32/h6-7,9-11,13,22H,3-5,8,12,14-16,33H2,1-2H3,(H,34,38)/i2D3. The first-order chi connectivity index (χ1) is 21.6. The molecule has 2 bridgehead atoms. The number of esters is 1. The number of ether oxygens (including phenoxy) is 2. The van der Waals surface area contributed by atoms with Crippen LogP contribution in [0.1, 0.15) is 71.8 Å². The summed E-state index contributed by atoms with van der Waals surface area (Å²) in [5.74, 6) is -0.149. The molecule has 1 saturated heterocycles. The van der Waals surface area contributed by atoms with Crippen LogP contribution in [0, 0.1) is 23.6 Å². The third-order valence-electron chi connectivity index (χ3n) is 8.56. The number of nitriles is 1. The van der Waals surface area contributed by atoms with E-state index in [1.165, 1.54) is 6.07 Å². The lowest BCUT2D eigenvalue weighted by Crippen LogP contribution is -2.70. The minimum Gasteiger partial charge on any atom is -0.461 e. The Morgan fingerprint density at radius 3 is 2.90 bits per heavy atom. The van der Waals surface area contributed by atoms with E-state index in [1.54, 1.807) is 42.2 Å². The molecule has 11 nitrogen and oxygen atoms in total. The van der Waals surface area contributed by atoms with E-state index >= 15 is 0 Å². The molecule has 1 unspecified atom stereocenters. The van der Waals surface area contributed by atoms with E-state index in [-0.39, 0.29) is 57.8 Å². The van der Waals surface area contributed by atoms with Gasteiger partial charge in [0.25, 0.3) is 0 Å². The monoisotopic (exact) mass is 567 g/mol. The molecule has 4 aliphatic rings. The lowest BCUT2D eigenvalue weighted by Gasteiger charge is -2.67. The van der Waals surface area contributed by atoms with Crippen molar-refractivity contribution in [3.8, 4) is 28.7 Å². The fraction of sp³-hybridized carbons (Fsp3) is 0.419. The number of nitrogens with zero attached hydrogens (tertiary/aromatic N) is 6. The zero-order chi connectivity index (χ0) is 31.6. The second kappa shape index (κ2) is 9.77. The van der Waals surface area contributed by atoms with Crippen LogP contribution in [0.3, 0.4) is 0 Å². The summed E-state index contributed by atoms with van der Waals surface area (Å²) in [5, 5.41) is 18.1. The van der Waals surface area contributed by atoms with Gasteiger partial charge in [-0.2, -0.15) is 10.4 Å². The Balaban J connectivity index is 1.42. The van der Waals surface area contributed by atoms with Gasteiger partial charge in [-0.1, -0.05) is 6.07 Å². The second-order valence-electron chi connectivity index (χ2n) is 11.4. The van der Waals surface area contributed by atoms with Gasteiger partial charge in [0.15, 0.2) is 17.7 Å². The Labute approximate surface area is 247 Å². The van der Waals surface area contributed by atoms with Crippen LogP contribution < -0.4 is 11.1 Å². The summed E-state index contributed by atoms with van der Waals surface area (Å²) in [6.45, 7) is -0.179. The minimum atomic E-state index is -2.55. The topological polar surface area (TPSA) is 154 Å². The number of nitrogens with one attached hydrogen (secondary N) is 1. The average Bonchev–Trinajstić information content (AvgIpc) is 3.43. The molecule has 214 valence electrons. The van der Waals surface area contributed by atoms with E-state index in [1.807, 2.05) is 0 Å². The van der Waals surface area contributed by atoms with Gasteiger partial charge in [-0.05, 0) is 76.1 Å². The van der Waals surface area contributed by atoms with Crippen molar-refractivity contribution in [2.75, 3.05) is 24.3 Å². The Bertz CT molecular complexity index is 1860. The van der Waals surface area contributed by atoms with Crippen LogP contribution in [0.25, 0.3) is 33.5 Å². The highest BCUT2D eigenvalue weighted by Crippen LogP contribution is 2.68. The third kappa shape index (κ3) is 4.09. The molecule has 0 radical (unpaired) electrons. The van der Waals surface area contributed by atoms with Crippen LogP contribution in [0.5, 0.6) is 0 Å². The molecule has 3 aromatic heterocycles. The summed E-state index contributed by atoms with van der Waals surface area (Å²) in [4.78, 5) is 27.2. The average molecular weight is 568 g/mol. The normalized spacial score (nSPS) is 25.7. The number of benzene rings is 1. The molecule has 1 aliphatic heterocycles. The number of nitrogen functional groups attached to an aromatic ring is 1. The molecule has 1 aromatic carbocycles. The number of aromatic nitrogens is 5. The van der Waals surface area contributed by atoms with E-state index < -0.39 is 12.8 Å². The number of rotatable bonds is 7. The van der Waals surface area contributed by atoms with Crippen molar-refractivity contribution in [3.63, 3.8) is 0 Å². The molecule has 0 amide bonds. The van der Waals surface area contributed by atoms with Gasteiger partial charge in [-0.3, -0.25) is 0 Å². The SMILES string of the molecule is [2H]C([2H])([2H])c1ccc2c(cnn2C2CCCCO2)c1-c1nc(-c2cccnc2NC23CC(C#N)(C2)C3)nc(C(=O)OCC)c1N. The molecule has 4 heterocycles. The largest absolute Gasteiger partial charge is 0.461 e. The molecule has 11 heteroatoms. The smallest absolute Gasteiger partial charge is 0.359 e. The number of fused-ring (bicyclic) bond motifs is 1. The van der Waals surface area contributed by atoms with Crippen LogP contribution in [-0.2, 0) is 9.47 Å². The molecular weight excluding hydrogens is 532 g/mol. The Morgan fingerprint density at radius 2 is 2.17 bits per heavy atom. The van der Waals surface area contributed by atoms with Gasteiger partial charge in [-0.15, -0.1) is 0 Å². The highest BCUT2D eigenvalue weighted by molar-refractivity contribution is 6.03.